The Labute approximate surface area is 112 Å². The summed E-state index contributed by atoms with van der Waals surface area (Å²) in [5, 5.41) is 9.08. The van der Waals surface area contributed by atoms with Crippen LogP contribution in [0.2, 0.25) is 0 Å². The van der Waals surface area contributed by atoms with Crippen LogP contribution in [-0.2, 0) is 11.0 Å². The molecule has 0 aliphatic carbocycles. The molecule has 1 aromatic heterocycles. The van der Waals surface area contributed by atoms with E-state index in [-0.39, 0.29) is 0 Å². The molecule has 0 amide bonds. The molecule has 0 aliphatic rings. The second kappa shape index (κ2) is 8.61. The van der Waals surface area contributed by atoms with Gasteiger partial charge in [-0.3, -0.25) is 4.57 Å². The van der Waals surface area contributed by atoms with Crippen molar-refractivity contribution in [2.75, 3.05) is 6.54 Å². The molecule has 0 saturated carbocycles. The molecule has 1 aromatic carbocycles. The van der Waals surface area contributed by atoms with Crippen LogP contribution >= 0.6 is 8.03 Å². The van der Waals surface area contributed by atoms with Gasteiger partial charge in [0.25, 0.3) is 0 Å². The summed E-state index contributed by atoms with van der Waals surface area (Å²) in [4.78, 5) is 15.4. The van der Waals surface area contributed by atoms with Gasteiger partial charge in [-0.25, -0.2) is 4.98 Å². The fraction of sp³-hybridized carbons (Fsp3) is 0.250. The second-order valence-electron chi connectivity index (χ2n) is 3.75. The van der Waals surface area contributed by atoms with Crippen molar-refractivity contribution in [3.8, 4) is 0 Å². The number of hydrogen-bond donors (Lipinski definition) is 4. The molecule has 0 fully saturated rings. The Balaban J connectivity index is 0.000000200. The maximum Gasteiger partial charge on any atom is 0.221 e. The number of rotatable bonds is 4. The average Bonchev–Trinajstić information content (AvgIpc) is 2.93. The van der Waals surface area contributed by atoms with Crippen LogP contribution in [0.1, 0.15) is 17.1 Å². The summed E-state index contributed by atoms with van der Waals surface area (Å²) in [6.07, 6.45) is 4.38. The number of hydrogen-bond acceptors (Lipinski definition) is 4. The zero-order chi connectivity index (χ0) is 14.1. The largest absolute Gasteiger partial charge is 0.378 e. The van der Waals surface area contributed by atoms with E-state index in [4.69, 9.17) is 15.7 Å². The van der Waals surface area contributed by atoms with E-state index in [1.165, 1.54) is 0 Å². The third-order valence-corrected chi connectivity index (χ3v) is 3.11. The number of aromatic amines is 1. The van der Waals surface area contributed by atoms with Crippen molar-refractivity contribution in [3.63, 3.8) is 0 Å². The molecule has 6 nitrogen and oxygen atoms in total. The molecule has 0 aliphatic heterocycles. The Kier molecular flexibility index (Phi) is 7.07. The fourth-order valence-electron chi connectivity index (χ4n) is 1.35. The number of imidazole rings is 1. The summed E-state index contributed by atoms with van der Waals surface area (Å²) in [6, 6.07) is 8.43. The Morgan fingerprint density at radius 2 is 2.05 bits per heavy atom. The van der Waals surface area contributed by atoms with Crippen LogP contribution in [0.5, 0.6) is 0 Å². The van der Waals surface area contributed by atoms with Gasteiger partial charge in [0.2, 0.25) is 8.03 Å². The maximum absolute atomic E-state index is 10.4. The number of nitrogens with two attached hydrogens (primary N) is 1. The molecule has 1 heterocycles. The van der Waals surface area contributed by atoms with Gasteiger partial charge in [-0.1, -0.05) is 30.3 Å². The summed E-state index contributed by atoms with van der Waals surface area (Å²) in [7, 11) is -2.86. The molecular weight excluding hydrogens is 265 g/mol. The number of H-pyrrole nitrogens is 1. The van der Waals surface area contributed by atoms with Crippen LogP contribution in [0.25, 0.3) is 0 Å². The van der Waals surface area contributed by atoms with Gasteiger partial charge < -0.3 is 20.7 Å². The van der Waals surface area contributed by atoms with Gasteiger partial charge in [-0.05, 0) is 12.1 Å². The van der Waals surface area contributed by atoms with Gasteiger partial charge in [-0.15, -0.1) is 0 Å². The lowest BCUT2D eigenvalue weighted by atomic mass is 10.2. The smallest absolute Gasteiger partial charge is 0.221 e. The molecule has 0 saturated heterocycles. The van der Waals surface area contributed by atoms with Crippen LogP contribution in [0, 0.1) is 0 Å². The highest BCUT2D eigenvalue weighted by molar-refractivity contribution is 7.38. The predicted molar refractivity (Wildman–Crippen MR) is 74.0 cm³/mol. The van der Waals surface area contributed by atoms with E-state index in [1.54, 1.807) is 36.7 Å². The molecule has 0 radical (unpaired) electrons. The van der Waals surface area contributed by atoms with E-state index in [0.29, 0.717) is 12.1 Å². The molecule has 5 N–H and O–H groups in total. The van der Waals surface area contributed by atoms with Crippen molar-refractivity contribution >= 4 is 8.03 Å². The summed E-state index contributed by atoms with van der Waals surface area (Å²) < 4.78 is 10.4. The van der Waals surface area contributed by atoms with Crippen molar-refractivity contribution in [1.29, 1.82) is 0 Å². The van der Waals surface area contributed by atoms with Gasteiger partial charge in [0.15, 0.2) is 5.85 Å². The highest BCUT2D eigenvalue weighted by Crippen LogP contribution is 2.34. The lowest BCUT2D eigenvalue weighted by Gasteiger charge is -2.04. The van der Waals surface area contributed by atoms with E-state index >= 15 is 0 Å². The monoisotopic (exact) mass is 283 g/mol. The van der Waals surface area contributed by atoms with Crippen molar-refractivity contribution < 1.29 is 14.6 Å². The van der Waals surface area contributed by atoms with Gasteiger partial charge in [0, 0.05) is 12.6 Å². The fourth-order valence-corrected chi connectivity index (χ4v) is 1.83. The number of aliphatic hydroxyl groups is 1. The van der Waals surface area contributed by atoms with Crippen LogP contribution in [0.3, 0.4) is 0 Å². The molecule has 2 rings (SSSR count). The third-order valence-electron chi connectivity index (χ3n) is 2.30. The number of benzene rings is 1. The zero-order valence-corrected chi connectivity index (χ0v) is 11.4. The SMILES string of the molecule is NCCc1c[nH]cn1.O=[PH](O)C(O)c1ccccc1. The minimum absolute atomic E-state index is 0.485. The van der Waals surface area contributed by atoms with Crippen molar-refractivity contribution in [2.45, 2.75) is 12.3 Å². The number of aliphatic hydroxyl groups excluding tert-OH is 1. The minimum Gasteiger partial charge on any atom is -0.378 e. The molecule has 19 heavy (non-hydrogen) atoms. The molecule has 104 valence electrons. The molecule has 2 aromatic rings. The van der Waals surface area contributed by atoms with E-state index in [9.17, 15) is 4.57 Å². The first kappa shape index (κ1) is 15.6. The number of nitrogens with zero attached hydrogens (tertiary/aromatic N) is 1. The number of aromatic nitrogens is 2. The summed E-state index contributed by atoms with van der Waals surface area (Å²) in [5.41, 5.74) is 6.79. The lowest BCUT2D eigenvalue weighted by Crippen LogP contribution is -2.02. The first-order chi connectivity index (χ1) is 9.15. The zero-order valence-electron chi connectivity index (χ0n) is 10.4. The molecular formula is C12H18N3O3P. The lowest BCUT2D eigenvalue weighted by molar-refractivity contribution is 0.243. The molecule has 2 unspecified atom stereocenters. The van der Waals surface area contributed by atoms with E-state index in [0.717, 1.165) is 12.1 Å². The van der Waals surface area contributed by atoms with Crippen molar-refractivity contribution in [2.24, 2.45) is 5.73 Å². The van der Waals surface area contributed by atoms with Crippen LogP contribution < -0.4 is 5.73 Å². The third kappa shape index (κ3) is 5.81. The van der Waals surface area contributed by atoms with Crippen LogP contribution in [-0.4, -0.2) is 26.5 Å². The highest BCUT2D eigenvalue weighted by atomic mass is 31.1. The Hall–Kier alpha value is -1.46. The molecule has 0 spiro atoms. The molecule has 2 atom stereocenters. The summed E-state index contributed by atoms with van der Waals surface area (Å²) in [6.45, 7) is 0.671. The standard InChI is InChI=1S/C7H9O3P.C5H9N3/c8-7(11(9)10)6-4-2-1-3-5-6;6-2-1-5-3-7-4-8-5/h1-5,7-8,11H,(H,9,10);3-4H,1-2,6H2,(H,7,8). The second-order valence-corrected chi connectivity index (χ2v) is 4.97. The first-order valence-corrected chi connectivity index (χ1v) is 7.22. The normalized spacial score (nSPS) is 13.2. The van der Waals surface area contributed by atoms with E-state index < -0.39 is 13.9 Å². The van der Waals surface area contributed by atoms with Crippen LogP contribution in [0.4, 0.5) is 0 Å². The van der Waals surface area contributed by atoms with Gasteiger partial charge in [0.05, 0.1) is 12.0 Å². The Morgan fingerprint density at radius 1 is 1.37 bits per heavy atom. The minimum atomic E-state index is -2.86. The Bertz CT molecular complexity index is 476. The first-order valence-electron chi connectivity index (χ1n) is 5.78. The van der Waals surface area contributed by atoms with Gasteiger partial charge in [-0.2, -0.15) is 0 Å². The Morgan fingerprint density at radius 3 is 2.53 bits per heavy atom. The number of nitrogens with one attached hydrogen (secondary N) is 1. The highest BCUT2D eigenvalue weighted by Gasteiger charge is 2.10. The van der Waals surface area contributed by atoms with Crippen molar-refractivity contribution in [1.82, 2.24) is 9.97 Å². The summed E-state index contributed by atoms with van der Waals surface area (Å²) >= 11 is 0. The molecule has 0 bridgehead atoms. The predicted octanol–water partition coefficient (Wildman–Crippen LogP) is 1.06. The quantitative estimate of drug-likeness (QED) is 0.627. The van der Waals surface area contributed by atoms with E-state index in [1.807, 2.05) is 6.20 Å². The van der Waals surface area contributed by atoms with Gasteiger partial charge >= 0.3 is 0 Å². The van der Waals surface area contributed by atoms with Crippen LogP contribution in [0.15, 0.2) is 42.9 Å². The topological polar surface area (TPSA) is 112 Å². The average molecular weight is 283 g/mol. The van der Waals surface area contributed by atoms with Crippen molar-refractivity contribution in [3.05, 3.63) is 54.1 Å². The molecule has 7 heteroatoms. The maximum atomic E-state index is 10.4. The summed E-state index contributed by atoms with van der Waals surface area (Å²) in [5.74, 6) is -1.22. The van der Waals surface area contributed by atoms with E-state index in [2.05, 4.69) is 9.97 Å². The van der Waals surface area contributed by atoms with Gasteiger partial charge in [0.1, 0.15) is 0 Å².